The number of aldehydes is 1. The lowest BCUT2D eigenvalue weighted by molar-refractivity contribution is -0.140. The summed E-state index contributed by atoms with van der Waals surface area (Å²) >= 11 is 0. The van der Waals surface area contributed by atoms with Crippen molar-refractivity contribution in [3.63, 3.8) is 0 Å². The lowest BCUT2D eigenvalue weighted by Gasteiger charge is -2.32. The lowest BCUT2D eigenvalue weighted by atomic mass is 10.4. The SMILES string of the molecule is O=CCN1CCN(CC(=O)O)CCNCN(CC(=O)O)C1. The standard InChI is InChI=1S/C12H22N4O5/c17-6-5-15-4-3-14(7-11(18)19)2-1-13-9-16(10-15)8-12(20)21/h6,13H,1-5,7-10H2,(H,18,19)(H,20,21). The first-order valence-electron chi connectivity index (χ1n) is 6.76. The molecule has 0 bridgehead atoms. The van der Waals surface area contributed by atoms with Gasteiger partial charge in [0.1, 0.15) is 6.29 Å². The van der Waals surface area contributed by atoms with E-state index in [0.717, 1.165) is 6.29 Å². The van der Waals surface area contributed by atoms with E-state index in [4.69, 9.17) is 10.2 Å². The molecule has 9 nitrogen and oxygen atoms in total. The van der Waals surface area contributed by atoms with Crippen LogP contribution in [-0.2, 0) is 14.4 Å². The van der Waals surface area contributed by atoms with Crippen molar-refractivity contribution in [1.82, 2.24) is 20.0 Å². The predicted octanol–water partition coefficient (Wildman–Crippen LogP) is -2.22. The van der Waals surface area contributed by atoms with Gasteiger partial charge in [-0.05, 0) is 0 Å². The topological polar surface area (TPSA) is 113 Å². The molecule has 0 aromatic rings. The molecule has 1 fully saturated rings. The average molecular weight is 302 g/mol. The summed E-state index contributed by atoms with van der Waals surface area (Å²) in [5.41, 5.74) is 0. The zero-order chi connectivity index (χ0) is 15.7. The molecule has 1 saturated heterocycles. The van der Waals surface area contributed by atoms with E-state index in [1.54, 1.807) is 14.7 Å². The van der Waals surface area contributed by atoms with Gasteiger partial charge in [-0.25, -0.2) is 0 Å². The summed E-state index contributed by atoms with van der Waals surface area (Å²) < 4.78 is 0. The third kappa shape index (κ3) is 7.71. The Morgan fingerprint density at radius 1 is 1.00 bits per heavy atom. The number of hydrogen-bond donors (Lipinski definition) is 3. The highest BCUT2D eigenvalue weighted by Gasteiger charge is 2.18. The van der Waals surface area contributed by atoms with E-state index in [9.17, 15) is 14.4 Å². The van der Waals surface area contributed by atoms with Gasteiger partial charge in [0.25, 0.3) is 0 Å². The van der Waals surface area contributed by atoms with Crippen LogP contribution in [0.15, 0.2) is 0 Å². The van der Waals surface area contributed by atoms with Crippen LogP contribution < -0.4 is 5.32 Å². The number of carbonyl (C=O) groups is 3. The zero-order valence-electron chi connectivity index (χ0n) is 11.9. The van der Waals surface area contributed by atoms with Crippen LogP contribution in [0.5, 0.6) is 0 Å². The van der Waals surface area contributed by atoms with Crippen molar-refractivity contribution in [2.45, 2.75) is 0 Å². The van der Waals surface area contributed by atoms with Gasteiger partial charge in [0.05, 0.1) is 26.3 Å². The Balaban J connectivity index is 2.62. The molecule has 1 aliphatic heterocycles. The van der Waals surface area contributed by atoms with Crippen molar-refractivity contribution in [2.24, 2.45) is 0 Å². The van der Waals surface area contributed by atoms with Gasteiger partial charge in [0.2, 0.25) is 0 Å². The van der Waals surface area contributed by atoms with E-state index in [2.05, 4.69) is 5.32 Å². The molecule has 21 heavy (non-hydrogen) atoms. The Morgan fingerprint density at radius 3 is 2.24 bits per heavy atom. The van der Waals surface area contributed by atoms with Crippen molar-refractivity contribution in [3.8, 4) is 0 Å². The normalized spacial score (nSPS) is 20.0. The highest BCUT2D eigenvalue weighted by Crippen LogP contribution is 1.98. The lowest BCUT2D eigenvalue weighted by Crippen LogP contribution is -2.50. The molecule has 1 rings (SSSR count). The number of rotatable bonds is 6. The van der Waals surface area contributed by atoms with E-state index >= 15 is 0 Å². The molecule has 0 aromatic heterocycles. The van der Waals surface area contributed by atoms with Gasteiger partial charge in [-0.15, -0.1) is 0 Å². The van der Waals surface area contributed by atoms with Gasteiger partial charge < -0.3 is 20.3 Å². The summed E-state index contributed by atoms with van der Waals surface area (Å²) in [6, 6.07) is 0. The second-order valence-corrected chi connectivity index (χ2v) is 4.94. The first-order valence-corrected chi connectivity index (χ1v) is 6.76. The Morgan fingerprint density at radius 2 is 1.62 bits per heavy atom. The van der Waals surface area contributed by atoms with Gasteiger partial charge >= 0.3 is 11.9 Å². The third-order valence-electron chi connectivity index (χ3n) is 3.12. The molecule has 0 unspecified atom stereocenters. The van der Waals surface area contributed by atoms with Crippen molar-refractivity contribution in [2.75, 3.05) is 59.2 Å². The number of hydrogen-bond acceptors (Lipinski definition) is 7. The maximum Gasteiger partial charge on any atom is 0.317 e. The van der Waals surface area contributed by atoms with Crippen LogP contribution in [0.3, 0.4) is 0 Å². The fourth-order valence-corrected chi connectivity index (χ4v) is 2.17. The van der Waals surface area contributed by atoms with Crippen molar-refractivity contribution < 1.29 is 24.6 Å². The summed E-state index contributed by atoms with van der Waals surface area (Å²) in [5, 5.41) is 20.8. The molecule has 0 spiro atoms. The van der Waals surface area contributed by atoms with Crippen molar-refractivity contribution in [1.29, 1.82) is 0 Å². The number of nitrogens with zero attached hydrogens (tertiary/aromatic N) is 3. The average Bonchev–Trinajstić information content (AvgIpc) is 2.38. The minimum absolute atomic E-state index is 0.0462. The Labute approximate surface area is 123 Å². The van der Waals surface area contributed by atoms with Crippen LogP contribution in [-0.4, -0.2) is 102 Å². The van der Waals surface area contributed by atoms with Crippen LogP contribution in [0.1, 0.15) is 0 Å². The Kier molecular flexibility index (Phi) is 7.83. The maximum atomic E-state index is 10.8. The Hall–Kier alpha value is -1.55. The van der Waals surface area contributed by atoms with Gasteiger partial charge in [0.15, 0.2) is 0 Å². The molecular formula is C12H22N4O5. The highest BCUT2D eigenvalue weighted by atomic mass is 16.4. The summed E-state index contributed by atoms with van der Waals surface area (Å²) in [7, 11) is 0. The molecule has 1 aliphatic rings. The molecule has 3 N–H and O–H groups in total. The van der Waals surface area contributed by atoms with Gasteiger partial charge in [0, 0.05) is 32.8 Å². The van der Waals surface area contributed by atoms with Crippen molar-refractivity contribution in [3.05, 3.63) is 0 Å². The smallest absolute Gasteiger partial charge is 0.317 e. The monoisotopic (exact) mass is 302 g/mol. The van der Waals surface area contributed by atoms with E-state index in [0.29, 0.717) is 39.5 Å². The van der Waals surface area contributed by atoms with Gasteiger partial charge in [-0.2, -0.15) is 0 Å². The largest absolute Gasteiger partial charge is 0.480 e. The molecule has 0 amide bonds. The van der Waals surface area contributed by atoms with Crippen LogP contribution in [0.4, 0.5) is 0 Å². The van der Waals surface area contributed by atoms with Gasteiger partial charge in [-0.3, -0.25) is 24.3 Å². The van der Waals surface area contributed by atoms with Crippen LogP contribution in [0.25, 0.3) is 0 Å². The molecular weight excluding hydrogens is 280 g/mol. The molecule has 0 saturated carbocycles. The molecule has 120 valence electrons. The second-order valence-electron chi connectivity index (χ2n) is 4.94. The maximum absolute atomic E-state index is 10.8. The summed E-state index contributed by atoms with van der Waals surface area (Å²) in [4.78, 5) is 37.6. The number of nitrogens with one attached hydrogen (secondary N) is 1. The molecule has 0 aromatic carbocycles. The molecule has 0 atom stereocenters. The fourth-order valence-electron chi connectivity index (χ4n) is 2.17. The zero-order valence-corrected chi connectivity index (χ0v) is 11.9. The minimum Gasteiger partial charge on any atom is -0.480 e. The molecule has 9 heteroatoms. The molecule has 0 radical (unpaired) electrons. The number of carboxylic acids is 2. The molecule has 0 aliphatic carbocycles. The summed E-state index contributed by atoms with van der Waals surface area (Å²) in [5.74, 6) is -1.81. The van der Waals surface area contributed by atoms with E-state index in [1.807, 2.05) is 0 Å². The van der Waals surface area contributed by atoms with Crippen LogP contribution >= 0.6 is 0 Å². The second kappa shape index (κ2) is 9.40. The highest BCUT2D eigenvalue weighted by molar-refractivity contribution is 5.69. The minimum atomic E-state index is -0.924. The fraction of sp³-hybridized carbons (Fsp3) is 0.750. The predicted molar refractivity (Wildman–Crippen MR) is 73.8 cm³/mol. The first kappa shape index (κ1) is 17.5. The van der Waals surface area contributed by atoms with E-state index in [-0.39, 0.29) is 19.6 Å². The number of carboxylic acid groups (broad SMARTS) is 2. The first-order chi connectivity index (χ1) is 10.0. The number of aliphatic carboxylic acids is 2. The van der Waals surface area contributed by atoms with Crippen LogP contribution in [0, 0.1) is 0 Å². The quantitative estimate of drug-likeness (QED) is 0.469. The van der Waals surface area contributed by atoms with Gasteiger partial charge in [-0.1, -0.05) is 0 Å². The summed E-state index contributed by atoms with van der Waals surface area (Å²) in [6.45, 7) is 2.93. The summed E-state index contributed by atoms with van der Waals surface area (Å²) in [6.07, 6.45) is 0.764. The van der Waals surface area contributed by atoms with Crippen molar-refractivity contribution >= 4 is 18.2 Å². The van der Waals surface area contributed by atoms with E-state index in [1.165, 1.54) is 0 Å². The Bertz CT molecular complexity index is 366. The number of carbonyl (C=O) groups excluding carboxylic acids is 1. The molecule has 1 heterocycles. The van der Waals surface area contributed by atoms with Crippen LogP contribution in [0.2, 0.25) is 0 Å². The van der Waals surface area contributed by atoms with E-state index < -0.39 is 11.9 Å². The third-order valence-corrected chi connectivity index (χ3v) is 3.12.